The van der Waals surface area contributed by atoms with Gasteiger partial charge in [0.05, 0.1) is 0 Å². The summed E-state index contributed by atoms with van der Waals surface area (Å²) in [4.78, 5) is 14.0. The van der Waals surface area contributed by atoms with Crippen molar-refractivity contribution in [2.24, 2.45) is 5.73 Å². The molecule has 0 saturated carbocycles. The van der Waals surface area contributed by atoms with Crippen LogP contribution in [0.4, 0.5) is 5.69 Å². The number of piperidine rings is 1. The van der Waals surface area contributed by atoms with Crippen molar-refractivity contribution in [2.45, 2.75) is 19.3 Å². The standard InChI is InChI=1S/C15H18N4O/c16-11-13(14(17)19-9-5-2-6-10-19)15(20)18-12-7-3-1-4-8-12/h1,3-4,7-8H,2,5-6,9-10,17H2,(H,18,20)/b14-13+. The predicted octanol–water partition coefficient (Wildman–Crippen LogP) is 1.80. The van der Waals surface area contributed by atoms with Crippen molar-refractivity contribution < 1.29 is 4.79 Å². The Balaban J connectivity index is 2.14. The third kappa shape index (κ3) is 3.29. The van der Waals surface area contributed by atoms with E-state index in [2.05, 4.69) is 5.32 Å². The van der Waals surface area contributed by atoms with Crippen LogP contribution in [-0.4, -0.2) is 23.9 Å². The molecule has 0 aromatic heterocycles. The van der Waals surface area contributed by atoms with Crippen molar-refractivity contribution >= 4 is 11.6 Å². The minimum atomic E-state index is -0.457. The lowest BCUT2D eigenvalue weighted by atomic mass is 10.1. The zero-order valence-corrected chi connectivity index (χ0v) is 11.3. The fraction of sp³-hybridized carbons (Fsp3) is 0.333. The molecule has 3 N–H and O–H groups in total. The lowest BCUT2D eigenvalue weighted by Gasteiger charge is -2.29. The SMILES string of the molecule is N#C/C(C(=O)Nc1ccccc1)=C(/N)N1CCCCC1. The van der Waals surface area contributed by atoms with Crippen molar-refractivity contribution in [1.29, 1.82) is 5.26 Å². The Hall–Kier alpha value is -2.48. The molecule has 1 aromatic rings. The molecule has 0 aliphatic carbocycles. The van der Waals surface area contributed by atoms with Crippen LogP contribution in [0.5, 0.6) is 0 Å². The highest BCUT2D eigenvalue weighted by Crippen LogP contribution is 2.15. The number of benzene rings is 1. The number of para-hydroxylation sites is 1. The second-order valence-corrected chi connectivity index (χ2v) is 4.74. The highest BCUT2D eigenvalue weighted by Gasteiger charge is 2.19. The number of rotatable bonds is 3. The van der Waals surface area contributed by atoms with Gasteiger partial charge in [0.15, 0.2) is 5.57 Å². The van der Waals surface area contributed by atoms with Crippen LogP contribution in [0, 0.1) is 11.3 Å². The Labute approximate surface area is 118 Å². The Morgan fingerprint density at radius 1 is 1.20 bits per heavy atom. The van der Waals surface area contributed by atoms with Crippen LogP contribution in [-0.2, 0) is 4.79 Å². The summed E-state index contributed by atoms with van der Waals surface area (Å²) in [5.74, 6) is -0.178. The van der Waals surface area contributed by atoms with Crippen LogP contribution in [0.25, 0.3) is 0 Å². The maximum Gasteiger partial charge on any atom is 0.270 e. The van der Waals surface area contributed by atoms with Gasteiger partial charge in [0.2, 0.25) is 0 Å². The van der Waals surface area contributed by atoms with Gasteiger partial charge in [0.1, 0.15) is 11.9 Å². The van der Waals surface area contributed by atoms with Crippen molar-refractivity contribution in [2.75, 3.05) is 18.4 Å². The summed E-state index contributed by atoms with van der Waals surface area (Å²) in [7, 11) is 0. The number of nitrogens with zero attached hydrogens (tertiary/aromatic N) is 2. The third-order valence-electron chi connectivity index (χ3n) is 3.32. The monoisotopic (exact) mass is 270 g/mol. The maximum atomic E-state index is 12.1. The predicted molar refractivity (Wildman–Crippen MR) is 77.3 cm³/mol. The van der Waals surface area contributed by atoms with E-state index in [0.29, 0.717) is 5.69 Å². The van der Waals surface area contributed by atoms with Gasteiger partial charge in [0.25, 0.3) is 5.91 Å². The minimum Gasteiger partial charge on any atom is -0.384 e. The van der Waals surface area contributed by atoms with Crippen LogP contribution in [0.1, 0.15) is 19.3 Å². The van der Waals surface area contributed by atoms with Gasteiger partial charge in [0, 0.05) is 18.8 Å². The number of nitrogens with one attached hydrogen (secondary N) is 1. The van der Waals surface area contributed by atoms with E-state index in [1.54, 1.807) is 12.1 Å². The Kier molecular flexibility index (Phi) is 4.61. The molecule has 2 rings (SSSR count). The molecule has 1 heterocycles. The Morgan fingerprint density at radius 3 is 2.45 bits per heavy atom. The van der Waals surface area contributed by atoms with Gasteiger partial charge in [-0.25, -0.2) is 0 Å². The van der Waals surface area contributed by atoms with Crippen molar-refractivity contribution in [3.8, 4) is 6.07 Å². The maximum absolute atomic E-state index is 12.1. The second kappa shape index (κ2) is 6.62. The van der Waals surface area contributed by atoms with Crippen LogP contribution in [0.3, 0.4) is 0 Å². The summed E-state index contributed by atoms with van der Waals surface area (Å²) in [6, 6.07) is 11.0. The van der Waals surface area contributed by atoms with Gasteiger partial charge in [-0.2, -0.15) is 5.26 Å². The lowest BCUT2D eigenvalue weighted by Crippen LogP contribution is -2.35. The summed E-state index contributed by atoms with van der Waals surface area (Å²) in [5, 5.41) is 11.9. The van der Waals surface area contributed by atoms with Crippen LogP contribution < -0.4 is 11.1 Å². The smallest absolute Gasteiger partial charge is 0.270 e. The minimum absolute atomic E-state index is 0.0178. The molecule has 0 atom stereocenters. The number of hydrogen-bond acceptors (Lipinski definition) is 4. The van der Waals surface area contributed by atoms with Crippen molar-refractivity contribution in [3.05, 3.63) is 41.7 Å². The molecule has 1 saturated heterocycles. The average Bonchev–Trinajstić information content (AvgIpc) is 2.49. The van der Waals surface area contributed by atoms with Gasteiger partial charge >= 0.3 is 0 Å². The van der Waals surface area contributed by atoms with E-state index in [-0.39, 0.29) is 11.4 Å². The number of nitriles is 1. The first-order valence-corrected chi connectivity index (χ1v) is 6.73. The van der Waals surface area contributed by atoms with E-state index in [0.717, 1.165) is 25.9 Å². The van der Waals surface area contributed by atoms with Gasteiger partial charge in [-0.05, 0) is 31.4 Å². The van der Waals surface area contributed by atoms with Gasteiger partial charge in [-0.1, -0.05) is 18.2 Å². The molecule has 1 aliphatic heterocycles. The molecule has 0 bridgehead atoms. The lowest BCUT2D eigenvalue weighted by molar-refractivity contribution is -0.112. The van der Waals surface area contributed by atoms with E-state index >= 15 is 0 Å². The fourth-order valence-corrected chi connectivity index (χ4v) is 2.23. The zero-order valence-electron chi connectivity index (χ0n) is 11.3. The summed E-state index contributed by atoms with van der Waals surface area (Å²) in [6.07, 6.45) is 3.25. The summed E-state index contributed by atoms with van der Waals surface area (Å²) < 4.78 is 0. The number of nitrogens with two attached hydrogens (primary N) is 1. The number of anilines is 1. The number of likely N-dealkylation sites (tertiary alicyclic amines) is 1. The van der Waals surface area contributed by atoms with Crippen molar-refractivity contribution in [1.82, 2.24) is 4.90 Å². The number of hydrogen-bond donors (Lipinski definition) is 2. The van der Waals surface area contributed by atoms with E-state index in [1.165, 1.54) is 6.42 Å². The first-order valence-electron chi connectivity index (χ1n) is 6.73. The zero-order chi connectivity index (χ0) is 14.4. The second-order valence-electron chi connectivity index (χ2n) is 4.74. The van der Waals surface area contributed by atoms with Crippen LogP contribution >= 0.6 is 0 Å². The Bertz CT molecular complexity index is 539. The number of carbonyl (C=O) groups excluding carboxylic acids is 1. The molecule has 0 unspecified atom stereocenters. The van der Waals surface area contributed by atoms with Gasteiger partial charge < -0.3 is 16.0 Å². The molecule has 1 aromatic carbocycles. The highest BCUT2D eigenvalue weighted by molar-refractivity contribution is 6.06. The van der Waals surface area contributed by atoms with E-state index in [9.17, 15) is 10.1 Å². The number of carbonyl (C=O) groups is 1. The number of amides is 1. The molecular formula is C15H18N4O. The molecule has 20 heavy (non-hydrogen) atoms. The van der Waals surface area contributed by atoms with Gasteiger partial charge in [-0.3, -0.25) is 4.79 Å². The summed E-state index contributed by atoms with van der Waals surface area (Å²) in [6.45, 7) is 1.60. The summed E-state index contributed by atoms with van der Waals surface area (Å²) in [5.41, 5.74) is 6.61. The molecule has 1 aliphatic rings. The summed E-state index contributed by atoms with van der Waals surface area (Å²) >= 11 is 0. The molecule has 5 heteroatoms. The van der Waals surface area contributed by atoms with Crippen LogP contribution in [0.2, 0.25) is 0 Å². The van der Waals surface area contributed by atoms with E-state index in [1.807, 2.05) is 29.2 Å². The van der Waals surface area contributed by atoms with Crippen LogP contribution in [0.15, 0.2) is 41.7 Å². The first kappa shape index (κ1) is 13.9. The highest BCUT2D eigenvalue weighted by atomic mass is 16.1. The quantitative estimate of drug-likeness (QED) is 0.648. The molecule has 1 fully saturated rings. The molecule has 1 amide bonds. The fourth-order valence-electron chi connectivity index (χ4n) is 2.23. The molecular weight excluding hydrogens is 252 g/mol. The molecule has 0 spiro atoms. The first-order chi connectivity index (χ1) is 9.72. The normalized spacial score (nSPS) is 16.1. The topological polar surface area (TPSA) is 82.1 Å². The average molecular weight is 270 g/mol. The largest absolute Gasteiger partial charge is 0.384 e. The van der Waals surface area contributed by atoms with E-state index < -0.39 is 5.91 Å². The van der Waals surface area contributed by atoms with Crippen molar-refractivity contribution in [3.63, 3.8) is 0 Å². The molecule has 104 valence electrons. The Morgan fingerprint density at radius 2 is 1.85 bits per heavy atom. The molecule has 0 radical (unpaired) electrons. The third-order valence-corrected chi connectivity index (χ3v) is 3.32. The molecule has 5 nitrogen and oxygen atoms in total. The van der Waals surface area contributed by atoms with E-state index in [4.69, 9.17) is 5.73 Å². The van der Waals surface area contributed by atoms with Gasteiger partial charge in [-0.15, -0.1) is 0 Å².